The third kappa shape index (κ3) is 3.40. The Morgan fingerprint density at radius 2 is 1.43 bits per heavy atom. The van der Waals surface area contributed by atoms with Gasteiger partial charge in [-0.3, -0.25) is 4.98 Å². The lowest BCUT2D eigenvalue weighted by atomic mass is 10.1. The number of aromatic nitrogens is 2. The van der Waals surface area contributed by atoms with E-state index in [-0.39, 0.29) is 0 Å². The van der Waals surface area contributed by atoms with E-state index in [9.17, 15) is 0 Å². The molecule has 2 nitrogen and oxygen atoms in total. The highest BCUT2D eigenvalue weighted by molar-refractivity contribution is 7.11. The predicted octanol–water partition coefficient (Wildman–Crippen LogP) is 7.25. The Morgan fingerprint density at radius 1 is 0.679 bits per heavy atom. The number of rotatable bonds is 4. The molecule has 4 aromatic heterocycles. The molecule has 0 atom stereocenters. The van der Waals surface area contributed by atoms with Gasteiger partial charge in [0.15, 0.2) is 0 Å². The van der Waals surface area contributed by atoms with E-state index in [1.54, 1.807) is 22.7 Å². The molecule has 1 aromatic carbocycles. The third-order valence-corrected chi connectivity index (χ3v) is 6.21. The Kier molecular flexibility index (Phi) is 4.57. The van der Waals surface area contributed by atoms with Crippen molar-refractivity contribution in [3.63, 3.8) is 0 Å². The van der Waals surface area contributed by atoms with Gasteiger partial charge in [-0.25, -0.2) is 4.98 Å². The van der Waals surface area contributed by atoms with Gasteiger partial charge < -0.3 is 0 Å². The van der Waals surface area contributed by atoms with Crippen LogP contribution >= 0.6 is 22.7 Å². The van der Waals surface area contributed by atoms with Gasteiger partial charge >= 0.3 is 0 Å². The first-order valence-electron chi connectivity index (χ1n) is 8.98. The van der Waals surface area contributed by atoms with Crippen LogP contribution in [0.2, 0.25) is 0 Å². The number of thiophene rings is 2. The molecule has 0 unspecified atom stereocenters. The highest BCUT2D eigenvalue weighted by Crippen LogP contribution is 2.27. The fourth-order valence-electron chi connectivity index (χ4n) is 3.18. The van der Waals surface area contributed by atoms with Crippen molar-refractivity contribution in [2.24, 2.45) is 0 Å². The zero-order valence-corrected chi connectivity index (χ0v) is 16.6. The summed E-state index contributed by atoms with van der Waals surface area (Å²) in [7, 11) is 0. The van der Waals surface area contributed by atoms with Crippen molar-refractivity contribution in [2.75, 3.05) is 0 Å². The van der Waals surface area contributed by atoms with E-state index in [1.807, 2.05) is 12.3 Å². The minimum absolute atomic E-state index is 0.942. The number of benzene rings is 1. The Bertz CT molecular complexity index is 1300. The van der Waals surface area contributed by atoms with Crippen molar-refractivity contribution in [3.05, 3.63) is 92.6 Å². The van der Waals surface area contributed by atoms with Crippen LogP contribution in [0, 0.1) is 0 Å². The van der Waals surface area contributed by atoms with E-state index >= 15 is 0 Å². The van der Waals surface area contributed by atoms with Crippen LogP contribution in [0.4, 0.5) is 0 Å². The number of hydrogen-bond donors (Lipinski definition) is 0. The number of pyridine rings is 2. The molecule has 28 heavy (non-hydrogen) atoms. The molecule has 0 aliphatic carbocycles. The molecule has 0 amide bonds. The molecule has 0 radical (unpaired) electrons. The van der Waals surface area contributed by atoms with Crippen LogP contribution in [0.3, 0.4) is 0 Å². The summed E-state index contributed by atoms with van der Waals surface area (Å²) >= 11 is 3.45. The Labute approximate surface area is 171 Å². The fourth-order valence-corrected chi connectivity index (χ4v) is 4.41. The molecule has 0 bridgehead atoms. The molecule has 134 valence electrons. The molecule has 0 aliphatic heterocycles. The maximum Gasteiger partial charge on any atom is 0.0972 e. The zero-order valence-electron chi connectivity index (χ0n) is 14.9. The van der Waals surface area contributed by atoms with E-state index in [1.165, 1.54) is 9.75 Å². The number of nitrogens with zero attached hydrogens (tertiary/aromatic N) is 2. The first-order chi connectivity index (χ1) is 13.9. The van der Waals surface area contributed by atoms with Gasteiger partial charge in [0.2, 0.25) is 0 Å². The van der Waals surface area contributed by atoms with Gasteiger partial charge in [0.25, 0.3) is 0 Å². The Morgan fingerprint density at radius 3 is 2.18 bits per heavy atom. The average Bonchev–Trinajstić information content (AvgIpc) is 3.44. The van der Waals surface area contributed by atoms with Gasteiger partial charge in [0.1, 0.15) is 0 Å². The minimum atomic E-state index is 0.942. The van der Waals surface area contributed by atoms with E-state index in [2.05, 4.69) is 88.6 Å². The van der Waals surface area contributed by atoms with E-state index in [0.29, 0.717) is 0 Å². The van der Waals surface area contributed by atoms with Crippen molar-refractivity contribution in [1.29, 1.82) is 0 Å². The van der Waals surface area contributed by atoms with Crippen LogP contribution < -0.4 is 0 Å². The van der Waals surface area contributed by atoms with Gasteiger partial charge in [-0.15, -0.1) is 22.7 Å². The van der Waals surface area contributed by atoms with E-state index < -0.39 is 0 Å². The quantitative estimate of drug-likeness (QED) is 0.299. The lowest BCUT2D eigenvalue weighted by Crippen LogP contribution is -1.91. The minimum Gasteiger partial charge on any atom is -0.254 e. The van der Waals surface area contributed by atoms with Gasteiger partial charge in [0.05, 0.1) is 16.7 Å². The first-order valence-corrected chi connectivity index (χ1v) is 10.7. The maximum absolute atomic E-state index is 5.01. The van der Waals surface area contributed by atoms with Crippen LogP contribution in [0.25, 0.3) is 46.1 Å². The van der Waals surface area contributed by atoms with Crippen molar-refractivity contribution < 1.29 is 0 Å². The highest BCUT2D eigenvalue weighted by Gasteiger charge is 2.07. The second kappa shape index (κ2) is 7.50. The monoisotopic (exact) mass is 396 g/mol. The van der Waals surface area contributed by atoms with Crippen molar-refractivity contribution in [1.82, 2.24) is 9.97 Å². The first kappa shape index (κ1) is 17.0. The third-order valence-electron chi connectivity index (χ3n) is 4.54. The summed E-state index contributed by atoms with van der Waals surface area (Å²) in [6.45, 7) is 0. The smallest absolute Gasteiger partial charge is 0.0972 e. The molecular formula is C24H16N2S2. The number of hydrogen-bond acceptors (Lipinski definition) is 4. The molecule has 0 saturated heterocycles. The van der Waals surface area contributed by atoms with Gasteiger partial charge in [-0.1, -0.05) is 36.4 Å². The topological polar surface area (TPSA) is 25.8 Å². The Hall–Kier alpha value is -3.08. The molecule has 4 heterocycles. The van der Waals surface area contributed by atoms with Gasteiger partial charge in [-0.2, -0.15) is 0 Å². The normalized spacial score (nSPS) is 12.0. The Balaban J connectivity index is 1.69. The molecule has 4 heteroatoms. The summed E-state index contributed by atoms with van der Waals surface area (Å²) < 4.78 is 0. The van der Waals surface area contributed by atoms with Crippen LogP contribution in [-0.2, 0) is 0 Å². The molecule has 0 spiro atoms. The van der Waals surface area contributed by atoms with Crippen LogP contribution in [0.1, 0.15) is 21.0 Å². The zero-order chi connectivity index (χ0) is 18.8. The van der Waals surface area contributed by atoms with Gasteiger partial charge in [0, 0.05) is 32.3 Å². The maximum atomic E-state index is 5.01. The molecule has 0 N–H and O–H groups in total. The van der Waals surface area contributed by atoms with Gasteiger partial charge in [-0.05, 0) is 53.3 Å². The molecule has 5 aromatic rings. The lowest BCUT2D eigenvalue weighted by Gasteiger charge is -2.07. The average molecular weight is 397 g/mol. The largest absolute Gasteiger partial charge is 0.254 e. The summed E-state index contributed by atoms with van der Waals surface area (Å²) in [4.78, 5) is 12.0. The van der Waals surface area contributed by atoms with Crippen molar-refractivity contribution in [3.8, 4) is 0 Å². The van der Waals surface area contributed by atoms with Crippen molar-refractivity contribution in [2.45, 2.75) is 0 Å². The van der Waals surface area contributed by atoms with Crippen LogP contribution in [0.15, 0.2) is 71.6 Å². The summed E-state index contributed by atoms with van der Waals surface area (Å²) in [6.07, 6.45) is 10.3. The molecular weight excluding hydrogens is 380 g/mol. The fraction of sp³-hybridized carbons (Fsp3) is 0. The van der Waals surface area contributed by atoms with E-state index in [0.717, 1.165) is 33.1 Å². The molecule has 0 aliphatic rings. The molecule has 0 saturated carbocycles. The predicted molar refractivity (Wildman–Crippen MR) is 124 cm³/mol. The molecule has 5 rings (SSSR count). The summed E-state index contributed by atoms with van der Waals surface area (Å²) in [6, 6.07) is 18.8. The van der Waals surface area contributed by atoms with Crippen LogP contribution in [0.5, 0.6) is 0 Å². The van der Waals surface area contributed by atoms with E-state index in [4.69, 9.17) is 4.98 Å². The van der Waals surface area contributed by atoms with Crippen LogP contribution in [-0.4, -0.2) is 9.97 Å². The summed E-state index contributed by atoms with van der Waals surface area (Å²) in [5.74, 6) is 0. The highest BCUT2D eigenvalue weighted by atomic mass is 32.1. The SMILES string of the molecule is C(=Cc1cc2ccc3cccnc3c2nc1C=Cc1cccs1)c1cccs1. The molecule has 0 fully saturated rings. The second-order valence-electron chi connectivity index (χ2n) is 6.37. The second-order valence-corrected chi connectivity index (χ2v) is 8.33. The van der Waals surface area contributed by atoms with Crippen molar-refractivity contribution >= 4 is 68.8 Å². The lowest BCUT2D eigenvalue weighted by molar-refractivity contribution is 1.34. The number of fused-ring (bicyclic) bond motifs is 3. The summed E-state index contributed by atoms with van der Waals surface area (Å²) in [5, 5.41) is 6.39. The standard InChI is InChI=1S/C24H16N2S2/c1-4-17-7-8-19-16-18(9-10-20-5-2-14-27-20)22(12-11-21-6-3-15-28-21)26-24(19)23(17)25-13-1/h1-16H. The summed E-state index contributed by atoms with van der Waals surface area (Å²) in [5.41, 5.74) is 3.94.